The van der Waals surface area contributed by atoms with Crippen molar-refractivity contribution in [2.75, 3.05) is 0 Å². The Bertz CT molecular complexity index is 1140. The quantitative estimate of drug-likeness (QED) is 0.224. The minimum atomic E-state index is -0.919. The lowest BCUT2D eigenvalue weighted by molar-refractivity contribution is -0.245. The number of rotatable bonds is 8. The normalized spacial score (nSPS) is 34.2. The number of Topliss-reactive ketones (excluding diaryl/α,β-unsaturated/α-hetero) is 1. The third kappa shape index (κ3) is 5.48. The molecule has 0 unspecified atom stereocenters. The summed E-state index contributed by atoms with van der Waals surface area (Å²) in [5.41, 5.74) is -0.166. The molecule has 2 aliphatic carbocycles. The molecule has 4 aliphatic rings. The summed E-state index contributed by atoms with van der Waals surface area (Å²) in [4.78, 5) is 40.1. The molecule has 0 aromatic carbocycles. The molecule has 2 aliphatic heterocycles. The molecule has 7 atom stereocenters. The Morgan fingerprint density at radius 3 is 2.58 bits per heavy atom. The zero-order valence-electron chi connectivity index (χ0n) is 25.6. The molecule has 0 aromatic rings. The van der Waals surface area contributed by atoms with E-state index in [9.17, 15) is 19.5 Å². The van der Waals surface area contributed by atoms with Gasteiger partial charge in [-0.3, -0.25) is 14.4 Å². The maximum atomic E-state index is 13.9. The van der Waals surface area contributed by atoms with Gasteiger partial charge < -0.3 is 19.3 Å². The second-order valence-electron chi connectivity index (χ2n) is 13.5. The number of fused-ring (bicyclic) bond motifs is 3. The highest BCUT2D eigenvalue weighted by Gasteiger charge is 2.61. The van der Waals surface area contributed by atoms with Gasteiger partial charge in [0, 0.05) is 34.8 Å². The van der Waals surface area contributed by atoms with Crippen molar-refractivity contribution in [3.05, 3.63) is 34.6 Å². The fourth-order valence-corrected chi connectivity index (χ4v) is 7.39. The minimum absolute atomic E-state index is 0.00177. The lowest BCUT2D eigenvalue weighted by Gasteiger charge is -2.60. The molecule has 0 aromatic heterocycles. The van der Waals surface area contributed by atoms with E-state index < -0.39 is 23.2 Å². The molecule has 2 fully saturated rings. The first-order valence-corrected chi connectivity index (χ1v) is 15.1. The number of carbonyl (C=O) groups is 3. The number of allylic oxidation sites excluding steroid dienone is 4. The standard InChI is InChI=1S/C33H48O7/c1-9-11-12-27(35)39-29(19(3)10-2)20(4)21-17-23(34)22-18-24-32(7)15-13-25(31(5,6)37)38-26(32)14-16-33(24,8)40-30(22)28(21)36/h10,17,20,24-26,29,37H,9,11-16,18H2,1-8H3/b19-10+/t20-,24+,25+,26+,29+,32+,33+/m0/s1. The third-order valence-electron chi connectivity index (χ3n) is 10.1. The van der Waals surface area contributed by atoms with Crippen LogP contribution in [0.1, 0.15) is 107 Å². The molecule has 1 saturated heterocycles. The van der Waals surface area contributed by atoms with Gasteiger partial charge in [0.2, 0.25) is 5.78 Å². The van der Waals surface area contributed by atoms with Crippen LogP contribution >= 0.6 is 0 Å². The van der Waals surface area contributed by atoms with Crippen LogP contribution in [-0.2, 0) is 28.6 Å². The highest BCUT2D eigenvalue weighted by atomic mass is 16.5. The van der Waals surface area contributed by atoms with Crippen molar-refractivity contribution in [3.8, 4) is 0 Å². The number of ketones is 2. The van der Waals surface area contributed by atoms with Gasteiger partial charge in [-0.2, -0.15) is 0 Å². The molecule has 0 radical (unpaired) electrons. The first-order chi connectivity index (χ1) is 18.7. The van der Waals surface area contributed by atoms with E-state index in [4.69, 9.17) is 14.2 Å². The second kappa shape index (κ2) is 11.2. The van der Waals surface area contributed by atoms with Crippen LogP contribution in [0.5, 0.6) is 0 Å². The molecule has 7 nitrogen and oxygen atoms in total. The van der Waals surface area contributed by atoms with Gasteiger partial charge >= 0.3 is 5.97 Å². The minimum Gasteiger partial charge on any atom is -0.483 e. The molecule has 1 saturated carbocycles. The number of esters is 1. The van der Waals surface area contributed by atoms with Crippen LogP contribution in [0.2, 0.25) is 0 Å². The van der Waals surface area contributed by atoms with Crippen LogP contribution in [0.4, 0.5) is 0 Å². The summed E-state index contributed by atoms with van der Waals surface area (Å²) in [6.45, 7) is 15.5. The monoisotopic (exact) mass is 556 g/mol. The lowest BCUT2D eigenvalue weighted by atomic mass is 9.53. The highest BCUT2D eigenvalue weighted by molar-refractivity contribution is 6.22. The van der Waals surface area contributed by atoms with Gasteiger partial charge in [-0.15, -0.1) is 0 Å². The van der Waals surface area contributed by atoms with Crippen molar-refractivity contribution in [1.29, 1.82) is 0 Å². The number of ether oxygens (including phenoxy) is 3. The summed E-state index contributed by atoms with van der Waals surface area (Å²) in [6.07, 6.45) is 7.85. The van der Waals surface area contributed by atoms with Crippen molar-refractivity contribution in [3.63, 3.8) is 0 Å². The van der Waals surface area contributed by atoms with Gasteiger partial charge in [0.1, 0.15) is 11.7 Å². The van der Waals surface area contributed by atoms with Gasteiger partial charge in [-0.05, 0) is 84.8 Å². The Morgan fingerprint density at radius 1 is 1.25 bits per heavy atom. The first kappa shape index (κ1) is 30.7. The molecular weight excluding hydrogens is 508 g/mol. The van der Waals surface area contributed by atoms with E-state index in [1.165, 1.54) is 6.08 Å². The van der Waals surface area contributed by atoms with Crippen molar-refractivity contribution >= 4 is 17.5 Å². The van der Waals surface area contributed by atoms with Crippen LogP contribution in [0, 0.1) is 17.3 Å². The second-order valence-corrected chi connectivity index (χ2v) is 13.5. The van der Waals surface area contributed by atoms with E-state index in [1.54, 1.807) is 13.8 Å². The number of aliphatic hydroxyl groups is 1. The summed E-state index contributed by atoms with van der Waals surface area (Å²) in [6, 6.07) is 0. The largest absolute Gasteiger partial charge is 0.483 e. The average Bonchev–Trinajstić information content (AvgIpc) is 2.90. The van der Waals surface area contributed by atoms with Gasteiger partial charge in [-0.25, -0.2) is 0 Å². The molecule has 1 N–H and O–H groups in total. The Labute approximate surface area is 239 Å². The van der Waals surface area contributed by atoms with Gasteiger partial charge in [0.15, 0.2) is 11.5 Å². The maximum absolute atomic E-state index is 13.9. The number of hydrogen-bond donors (Lipinski definition) is 1. The van der Waals surface area contributed by atoms with E-state index in [-0.39, 0.29) is 46.8 Å². The molecule has 4 rings (SSSR count). The van der Waals surface area contributed by atoms with E-state index >= 15 is 0 Å². The lowest BCUT2D eigenvalue weighted by Crippen LogP contribution is -2.62. The zero-order valence-corrected chi connectivity index (χ0v) is 25.6. The summed E-state index contributed by atoms with van der Waals surface area (Å²) in [5.74, 6) is -1.12. The summed E-state index contributed by atoms with van der Waals surface area (Å²) in [7, 11) is 0. The molecule has 222 valence electrons. The van der Waals surface area contributed by atoms with Crippen LogP contribution in [-0.4, -0.2) is 52.2 Å². The van der Waals surface area contributed by atoms with Crippen LogP contribution in [0.15, 0.2) is 34.6 Å². The van der Waals surface area contributed by atoms with Crippen LogP contribution in [0.3, 0.4) is 0 Å². The smallest absolute Gasteiger partial charge is 0.306 e. The SMILES string of the molecule is C/C=C(\C)[C@@H](OC(=O)CCCC)[C@@H](C)C1=CC(=O)C2=C(O[C@]3(C)CC[C@H]4O[C@@H](C(C)(C)O)CC[C@]4(C)[C@H]3C2)C1=O. The summed E-state index contributed by atoms with van der Waals surface area (Å²) >= 11 is 0. The highest BCUT2D eigenvalue weighted by Crippen LogP contribution is 2.59. The molecule has 2 heterocycles. The molecule has 40 heavy (non-hydrogen) atoms. The van der Waals surface area contributed by atoms with Crippen LogP contribution in [0.25, 0.3) is 0 Å². The average molecular weight is 557 g/mol. The fourth-order valence-electron chi connectivity index (χ4n) is 7.39. The molecule has 0 spiro atoms. The Kier molecular flexibility index (Phi) is 8.60. The molecule has 0 amide bonds. The fraction of sp³-hybridized carbons (Fsp3) is 0.727. The van der Waals surface area contributed by atoms with E-state index in [0.717, 1.165) is 37.7 Å². The Morgan fingerprint density at radius 2 is 1.95 bits per heavy atom. The van der Waals surface area contributed by atoms with Gasteiger partial charge in [0.25, 0.3) is 0 Å². The van der Waals surface area contributed by atoms with Gasteiger partial charge in [0.05, 0.1) is 17.8 Å². The first-order valence-electron chi connectivity index (χ1n) is 15.1. The predicted molar refractivity (Wildman–Crippen MR) is 152 cm³/mol. The van der Waals surface area contributed by atoms with E-state index in [2.05, 4.69) is 13.8 Å². The van der Waals surface area contributed by atoms with Crippen molar-refractivity contribution in [2.45, 2.75) is 136 Å². The maximum Gasteiger partial charge on any atom is 0.306 e. The number of hydrogen-bond acceptors (Lipinski definition) is 7. The molecule has 7 heteroatoms. The zero-order chi connectivity index (χ0) is 29.6. The van der Waals surface area contributed by atoms with Crippen molar-refractivity contribution < 1.29 is 33.7 Å². The van der Waals surface area contributed by atoms with Gasteiger partial charge in [-0.1, -0.05) is 33.3 Å². The van der Waals surface area contributed by atoms with Crippen molar-refractivity contribution in [1.82, 2.24) is 0 Å². The van der Waals surface area contributed by atoms with Crippen molar-refractivity contribution in [2.24, 2.45) is 17.3 Å². The predicted octanol–water partition coefficient (Wildman–Crippen LogP) is 5.94. The number of unbranched alkanes of at least 4 members (excludes halogenated alkanes) is 1. The summed E-state index contributed by atoms with van der Waals surface area (Å²) < 4.78 is 18.9. The van der Waals surface area contributed by atoms with E-state index in [1.807, 2.05) is 33.8 Å². The molecule has 0 bridgehead atoms. The Hall–Kier alpha value is -2.25. The Balaban J connectivity index is 1.59. The molecular formula is C33H48O7. The third-order valence-corrected chi connectivity index (χ3v) is 10.1. The topological polar surface area (TPSA) is 99.1 Å². The summed E-state index contributed by atoms with van der Waals surface area (Å²) in [5, 5.41) is 10.6. The van der Waals surface area contributed by atoms with Crippen LogP contribution < -0.4 is 0 Å². The van der Waals surface area contributed by atoms with E-state index in [0.29, 0.717) is 30.4 Å². The number of carbonyl (C=O) groups excluding carboxylic acids is 3.